The molecule has 0 aliphatic carbocycles. The van der Waals surface area contributed by atoms with E-state index in [-0.39, 0.29) is 17.9 Å². The third-order valence-corrected chi connectivity index (χ3v) is 4.30. The van der Waals surface area contributed by atoms with Gasteiger partial charge in [-0.05, 0) is 24.5 Å². The fourth-order valence-electron chi connectivity index (χ4n) is 2.83. The summed E-state index contributed by atoms with van der Waals surface area (Å²) in [6.07, 6.45) is 6.48. The van der Waals surface area contributed by atoms with Crippen LogP contribution in [0.5, 0.6) is 5.88 Å². The number of hydrogen-bond acceptors (Lipinski definition) is 5. The maximum Gasteiger partial charge on any atom is 0.232 e. The largest absolute Gasteiger partial charge is 0.480 e. The van der Waals surface area contributed by atoms with E-state index in [1.165, 1.54) is 7.11 Å². The van der Waals surface area contributed by atoms with Gasteiger partial charge in [0.05, 0.1) is 25.3 Å². The summed E-state index contributed by atoms with van der Waals surface area (Å²) in [7, 11) is 1.51. The molecule has 0 aromatic carbocycles. The summed E-state index contributed by atoms with van der Waals surface area (Å²) in [6.45, 7) is 1.00. The van der Waals surface area contributed by atoms with Crippen LogP contribution in [0.15, 0.2) is 24.7 Å². The summed E-state index contributed by atoms with van der Waals surface area (Å²) < 4.78 is 10.8. The van der Waals surface area contributed by atoms with Crippen molar-refractivity contribution >= 4 is 17.5 Å². The molecule has 8 heteroatoms. The van der Waals surface area contributed by atoms with Gasteiger partial charge in [-0.15, -0.1) is 0 Å². The number of ether oxygens (including phenoxy) is 2. The molecule has 7 nitrogen and oxygen atoms in total. The highest BCUT2D eigenvalue weighted by Crippen LogP contribution is 2.33. The Balaban J connectivity index is 1.64. The molecule has 2 N–H and O–H groups in total. The molecule has 0 spiro atoms. The number of carbonyl (C=O) groups is 1. The molecule has 1 saturated heterocycles. The second kappa shape index (κ2) is 7.63. The smallest absolute Gasteiger partial charge is 0.232 e. The third kappa shape index (κ3) is 3.68. The van der Waals surface area contributed by atoms with E-state index in [0.717, 1.165) is 24.0 Å². The molecule has 1 aliphatic rings. The molecule has 128 valence electrons. The van der Waals surface area contributed by atoms with Gasteiger partial charge in [0.1, 0.15) is 5.02 Å². The zero-order valence-electron chi connectivity index (χ0n) is 13.3. The van der Waals surface area contributed by atoms with Crippen molar-refractivity contribution in [3.8, 4) is 5.88 Å². The van der Waals surface area contributed by atoms with Gasteiger partial charge in [0.15, 0.2) is 0 Å². The first-order valence-corrected chi connectivity index (χ1v) is 8.13. The van der Waals surface area contributed by atoms with Gasteiger partial charge >= 0.3 is 0 Å². The zero-order chi connectivity index (χ0) is 16.9. The summed E-state index contributed by atoms with van der Waals surface area (Å²) in [5.41, 5.74) is 1.70. The number of rotatable bonds is 5. The average molecular weight is 351 g/mol. The fraction of sp³-hybridized carbons (Fsp3) is 0.438. The van der Waals surface area contributed by atoms with Crippen LogP contribution in [0.2, 0.25) is 5.02 Å². The number of H-pyrrole nitrogens is 1. The SMILES string of the molecule is COc1ncc(CNC(=O)[C@@H]2CCCO[C@H]2c2cn[nH]c2)cc1Cl. The first-order chi connectivity index (χ1) is 11.7. The minimum atomic E-state index is -0.268. The van der Waals surface area contributed by atoms with Crippen molar-refractivity contribution < 1.29 is 14.3 Å². The predicted octanol–water partition coefficient (Wildman–Crippen LogP) is 2.25. The van der Waals surface area contributed by atoms with Gasteiger partial charge in [0.25, 0.3) is 0 Å². The minimum absolute atomic E-state index is 0.0483. The van der Waals surface area contributed by atoms with E-state index in [1.54, 1.807) is 24.7 Å². The molecule has 2 aromatic heterocycles. The number of hydrogen-bond donors (Lipinski definition) is 2. The summed E-state index contributed by atoms with van der Waals surface area (Å²) in [5.74, 6) is 0.0818. The molecule has 1 amide bonds. The molecule has 2 aromatic rings. The van der Waals surface area contributed by atoms with Crippen LogP contribution in [0.1, 0.15) is 30.1 Å². The Morgan fingerprint density at radius 1 is 1.54 bits per heavy atom. The number of pyridine rings is 1. The zero-order valence-corrected chi connectivity index (χ0v) is 14.0. The predicted molar refractivity (Wildman–Crippen MR) is 87.7 cm³/mol. The van der Waals surface area contributed by atoms with Gasteiger partial charge in [-0.1, -0.05) is 11.6 Å². The van der Waals surface area contributed by atoms with Crippen LogP contribution in [-0.2, 0) is 16.1 Å². The van der Waals surface area contributed by atoms with Crippen LogP contribution >= 0.6 is 11.6 Å². The van der Waals surface area contributed by atoms with Crippen molar-refractivity contribution in [3.63, 3.8) is 0 Å². The molecule has 0 unspecified atom stereocenters. The lowest BCUT2D eigenvalue weighted by molar-refractivity contribution is -0.134. The van der Waals surface area contributed by atoms with Crippen LogP contribution in [0.3, 0.4) is 0 Å². The van der Waals surface area contributed by atoms with Crippen LogP contribution in [0.4, 0.5) is 0 Å². The second-order valence-corrected chi connectivity index (χ2v) is 6.03. The molecule has 3 rings (SSSR count). The van der Waals surface area contributed by atoms with E-state index in [4.69, 9.17) is 21.1 Å². The van der Waals surface area contributed by atoms with E-state index in [2.05, 4.69) is 20.5 Å². The molecular formula is C16H19ClN4O3. The lowest BCUT2D eigenvalue weighted by Gasteiger charge is -2.30. The Kier molecular flexibility index (Phi) is 5.32. The standard InChI is InChI=1S/C16H19ClN4O3/c1-23-16-13(17)5-10(7-19-16)6-18-15(22)12-3-2-4-24-14(12)11-8-20-21-9-11/h5,7-9,12,14H,2-4,6H2,1H3,(H,18,22)(H,20,21)/t12-,14+/m1/s1. The lowest BCUT2D eigenvalue weighted by Crippen LogP contribution is -2.37. The maximum absolute atomic E-state index is 12.6. The molecule has 2 atom stereocenters. The average Bonchev–Trinajstić information content (AvgIpc) is 3.14. The Morgan fingerprint density at radius 2 is 2.42 bits per heavy atom. The van der Waals surface area contributed by atoms with Crippen LogP contribution in [0, 0.1) is 5.92 Å². The molecule has 24 heavy (non-hydrogen) atoms. The maximum atomic E-state index is 12.6. The molecule has 0 saturated carbocycles. The van der Waals surface area contributed by atoms with Crippen molar-refractivity contribution in [3.05, 3.63) is 40.8 Å². The number of halogens is 1. The van der Waals surface area contributed by atoms with E-state index >= 15 is 0 Å². The number of aromatic nitrogens is 3. The molecular weight excluding hydrogens is 332 g/mol. The summed E-state index contributed by atoms with van der Waals surface area (Å²) in [5, 5.41) is 10.1. The Labute approximate surface area is 144 Å². The van der Waals surface area contributed by atoms with E-state index < -0.39 is 0 Å². The molecule has 1 aliphatic heterocycles. The number of methoxy groups -OCH3 is 1. The fourth-order valence-corrected chi connectivity index (χ4v) is 3.09. The quantitative estimate of drug-likeness (QED) is 0.863. The first kappa shape index (κ1) is 16.7. The molecule has 0 bridgehead atoms. The first-order valence-electron chi connectivity index (χ1n) is 7.75. The lowest BCUT2D eigenvalue weighted by atomic mass is 9.90. The Bertz CT molecular complexity index is 693. The van der Waals surface area contributed by atoms with E-state index in [9.17, 15) is 4.79 Å². The van der Waals surface area contributed by atoms with Crippen molar-refractivity contribution in [2.75, 3.05) is 13.7 Å². The topological polar surface area (TPSA) is 89.1 Å². The molecule has 1 fully saturated rings. The highest BCUT2D eigenvalue weighted by Gasteiger charge is 2.33. The highest BCUT2D eigenvalue weighted by atomic mass is 35.5. The third-order valence-electron chi connectivity index (χ3n) is 4.03. The Hall–Kier alpha value is -2.12. The number of nitrogens with zero attached hydrogens (tertiary/aromatic N) is 2. The molecule has 0 radical (unpaired) electrons. The number of amides is 1. The molecule has 3 heterocycles. The van der Waals surface area contributed by atoms with Crippen LogP contribution in [0.25, 0.3) is 0 Å². The van der Waals surface area contributed by atoms with Gasteiger partial charge < -0.3 is 14.8 Å². The van der Waals surface area contributed by atoms with Gasteiger partial charge in [0.2, 0.25) is 11.8 Å². The number of nitrogens with one attached hydrogen (secondary N) is 2. The van der Waals surface area contributed by atoms with Gasteiger partial charge in [-0.3, -0.25) is 9.89 Å². The minimum Gasteiger partial charge on any atom is -0.480 e. The van der Waals surface area contributed by atoms with Crippen molar-refractivity contribution in [1.29, 1.82) is 0 Å². The second-order valence-electron chi connectivity index (χ2n) is 5.62. The number of carbonyl (C=O) groups excluding carboxylic acids is 1. The summed E-state index contributed by atoms with van der Waals surface area (Å²) in [4.78, 5) is 16.7. The van der Waals surface area contributed by atoms with Crippen molar-refractivity contribution in [2.45, 2.75) is 25.5 Å². The summed E-state index contributed by atoms with van der Waals surface area (Å²) in [6, 6.07) is 1.73. The number of aromatic amines is 1. The van der Waals surface area contributed by atoms with Crippen molar-refractivity contribution in [2.24, 2.45) is 5.92 Å². The van der Waals surface area contributed by atoms with Gasteiger partial charge in [-0.25, -0.2) is 4.98 Å². The van der Waals surface area contributed by atoms with Gasteiger partial charge in [0, 0.05) is 31.1 Å². The normalized spacial score (nSPS) is 20.6. The Morgan fingerprint density at radius 3 is 3.12 bits per heavy atom. The monoisotopic (exact) mass is 350 g/mol. The summed E-state index contributed by atoms with van der Waals surface area (Å²) >= 11 is 6.05. The van der Waals surface area contributed by atoms with Gasteiger partial charge in [-0.2, -0.15) is 5.10 Å². The highest BCUT2D eigenvalue weighted by molar-refractivity contribution is 6.31. The van der Waals surface area contributed by atoms with Crippen LogP contribution < -0.4 is 10.1 Å². The van der Waals surface area contributed by atoms with Crippen LogP contribution in [-0.4, -0.2) is 34.8 Å². The van der Waals surface area contributed by atoms with Crippen molar-refractivity contribution in [1.82, 2.24) is 20.5 Å². The van der Waals surface area contributed by atoms with E-state index in [0.29, 0.717) is 24.1 Å². The van der Waals surface area contributed by atoms with E-state index in [1.807, 2.05) is 0 Å².